The zero-order valence-electron chi connectivity index (χ0n) is 24.5. The van der Waals surface area contributed by atoms with Crippen molar-refractivity contribution in [2.45, 2.75) is 111 Å². The Balaban J connectivity index is 1.26. The van der Waals surface area contributed by atoms with Gasteiger partial charge < -0.3 is 4.74 Å². The second-order valence-electron chi connectivity index (χ2n) is 14.3. The van der Waals surface area contributed by atoms with E-state index in [1.54, 1.807) is 5.57 Å². The Morgan fingerprint density at radius 3 is 2.51 bits per heavy atom. The van der Waals surface area contributed by atoms with E-state index in [4.69, 9.17) is 4.74 Å². The quantitative estimate of drug-likeness (QED) is 0.118. The Kier molecular flexibility index (Phi) is 9.81. The molecule has 8 atom stereocenters. The van der Waals surface area contributed by atoms with Crippen molar-refractivity contribution in [3.63, 3.8) is 0 Å². The van der Waals surface area contributed by atoms with Gasteiger partial charge >= 0.3 is 5.97 Å². The van der Waals surface area contributed by atoms with Gasteiger partial charge in [-0.15, -0.1) is 0 Å². The van der Waals surface area contributed by atoms with Gasteiger partial charge in [0.05, 0.1) is 5.56 Å². The van der Waals surface area contributed by atoms with Crippen LogP contribution in [0.3, 0.4) is 0 Å². The lowest BCUT2D eigenvalue weighted by Gasteiger charge is -2.58. The summed E-state index contributed by atoms with van der Waals surface area (Å²) in [7, 11) is 0. The summed E-state index contributed by atoms with van der Waals surface area (Å²) in [5, 5.41) is 0. The zero-order valence-corrected chi connectivity index (χ0v) is 31.0. The molecule has 0 heterocycles. The third-order valence-electron chi connectivity index (χ3n) is 11.7. The van der Waals surface area contributed by atoms with Crippen molar-refractivity contribution < 1.29 is 9.53 Å². The summed E-state index contributed by atoms with van der Waals surface area (Å²) in [6.45, 7) is 12.6. The van der Waals surface area contributed by atoms with Crippen LogP contribution in [0.2, 0.25) is 0 Å². The van der Waals surface area contributed by atoms with Crippen LogP contribution in [0.15, 0.2) is 23.8 Å². The topological polar surface area (TPSA) is 26.3 Å². The van der Waals surface area contributed by atoms with E-state index in [1.165, 1.54) is 51.4 Å². The molecule has 0 aromatic heterocycles. The zero-order chi connectivity index (χ0) is 28.1. The van der Waals surface area contributed by atoms with Crippen molar-refractivity contribution in [1.29, 1.82) is 0 Å². The van der Waals surface area contributed by atoms with Crippen LogP contribution in [0.1, 0.15) is 116 Å². The van der Waals surface area contributed by atoms with E-state index < -0.39 is 0 Å². The van der Waals surface area contributed by atoms with Crippen LogP contribution in [0.5, 0.6) is 0 Å². The minimum atomic E-state index is -0.147. The van der Waals surface area contributed by atoms with Gasteiger partial charge in [-0.3, -0.25) is 0 Å². The summed E-state index contributed by atoms with van der Waals surface area (Å²) in [6.07, 6.45) is 16.9. The molecular weight excluding hydrogens is 821 g/mol. The number of halogens is 3. The van der Waals surface area contributed by atoms with E-state index >= 15 is 0 Å². The Morgan fingerprint density at radius 2 is 1.77 bits per heavy atom. The highest BCUT2D eigenvalue weighted by molar-refractivity contribution is 14.1. The number of allylic oxidation sites excluding steroid dienone is 1. The molecule has 0 bridgehead atoms. The number of ether oxygens (including phenoxy) is 1. The lowest BCUT2D eigenvalue weighted by atomic mass is 9.47. The van der Waals surface area contributed by atoms with Crippen LogP contribution >= 0.6 is 67.8 Å². The predicted octanol–water partition coefficient (Wildman–Crippen LogP) is 11.1. The fourth-order valence-electron chi connectivity index (χ4n) is 9.67. The fraction of sp³-hybridized carbons (Fsp3) is 0.735. The molecule has 39 heavy (non-hydrogen) atoms. The molecule has 0 saturated heterocycles. The Hall–Kier alpha value is 0.620. The average molecular weight is 868 g/mol. The molecule has 8 unspecified atom stereocenters. The maximum atomic E-state index is 13.2. The maximum absolute atomic E-state index is 13.2. The van der Waals surface area contributed by atoms with E-state index in [9.17, 15) is 4.79 Å². The highest BCUT2D eigenvalue weighted by Crippen LogP contribution is 2.67. The highest BCUT2D eigenvalue weighted by Gasteiger charge is 2.59. The van der Waals surface area contributed by atoms with Crippen molar-refractivity contribution in [2.75, 3.05) is 0 Å². The van der Waals surface area contributed by atoms with Gasteiger partial charge in [0.25, 0.3) is 0 Å². The molecule has 5 heteroatoms. The maximum Gasteiger partial charge on any atom is 0.339 e. The number of hydrogen-bond donors (Lipinski definition) is 0. The second kappa shape index (κ2) is 12.3. The Morgan fingerprint density at radius 1 is 1.00 bits per heavy atom. The van der Waals surface area contributed by atoms with E-state index in [0.717, 1.165) is 71.0 Å². The summed E-state index contributed by atoms with van der Waals surface area (Å²) >= 11 is 6.90. The van der Waals surface area contributed by atoms with Crippen molar-refractivity contribution in [1.82, 2.24) is 0 Å². The highest BCUT2D eigenvalue weighted by atomic mass is 127. The third kappa shape index (κ3) is 6.04. The average Bonchev–Trinajstić information content (AvgIpc) is 3.23. The summed E-state index contributed by atoms with van der Waals surface area (Å²) in [5.41, 5.74) is 3.15. The van der Waals surface area contributed by atoms with Gasteiger partial charge in [-0.2, -0.15) is 0 Å². The van der Waals surface area contributed by atoms with Crippen LogP contribution in [0, 0.1) is 57.0 Å². The van der Waals surface area contributed by atoms with E-state index in [0.29, 0.717) is 10.8 Å². The number of esters is 1. The molecule has 1 aromatic rings. The molecule has 0 radical (unpaired) electrons. The van der Waals surface area contributed by atoms with Gasteiger partial charge in [0.15, 0.2) is 0 Å². The van der Waals surface area contributed by atoms with Crippen molar-refractivity contribution >= 4 is 73.7 Å². The van der Waals surface area contributed by atoms with Gasteiger partial charge in [-0.1, -0.05) is 65.5 Å². The van der Waals surface area contributed by atoms with Crippen LogP contribution in [-0.2, 0) is 4.74 Å². The molecule has 4 aliphatic rings. The largest absolute Gasteiger partial charge is 0.458 e. The predicted molar refractivity (Wildman–Crippen MR) is 187 cm³/mol. The third-order valence-corrected chi connectivity index (χ3v) is 15.4. The first-order chi connectivity index (χ1) is 18.4. The van der Waals surface area contributed by atoms with Crippen molar-refractivity contribution in [3.05, 3.63) is 40.1 Å². The van der Waals surface area contributed by atoms with Gasteiger partial charge in [-0.25, -0.2) is 4.79 Å². The monoisotopic (exact) mass is 868 g/mol. The molecule has 4 aliphatic carbocycles. The first-order valence-electron chi connectivity index (χ1n) is 15.5. The number of hydrogen-bond acceptors (Lipinski definition) is 2. The number of carbonyl (C=O) groups is 1. The van der Waals surface area contributed by atoms with Crippen LogP contribution < -0.4 is 0 Å². The number of carbonyl (C=O) groups excluding carboxylic acids is 1. The summed E-state index contributed by atoms with van der Waals surface area (Å²) in [5.74, 6) is 5.01. The van der Waals surface area contributed by atoms with Gasteiger partial charge in [-0.05, 0) is 171 Å². The van der Waals surface area contributed by atoms with E-state index in [2.05, 4.69) is 115 Å². The molecule has 5 rings (SSSR count). The number of fused-ring (bicyclic) bond motifs is 5. The van der Waals surface area contributed by atoms with Gasteiger partial charge in [0.1, 0.15) is 6.10 Å². The van der Waals surface area contributed by atoms with Gasteiger partial charge in [0.2, 0.25) is 0 Å². The number of benzene rings is 1. The molecule has 0 amide bonds. The van der Waals surface area contributed by atoms with Crippen molar-refractivity contribution in [3.8, 4) is 0 Å². The SMILES string of the molecule is CC(C)CCCC(C)C1CCC2C3CC=C4CC(OC(=O)c5cc(I)cc(I)c5I)CCC4(C)C3CCC12C. The lowest BCUT2D eigenvalue weighted by molar-refractivity contribution is -0.0594. The lowest BCUT2D eigenvalue weighted by Crippen LogP contribution is -2.51. The molecule has 1 aromatic carbocycles. The molecule has 0 spiro atoms. The van der Waals surface area contributed by atoms with Crippen LogP contribution in [0.4, 0.5) is 0 Å². The Labute approximate surface area is 278 Å². The van der Waals surface area contributed by atoms with Crippen LogP contribution in [0.25, 0.3) is 0 Å². The molecule has 0 N–H and O–H groups in total. The summed E-state index contributed by atoms with van der Waals surface area (Å²) < 4.78 is 9.39. The fourth-order valence-corrected chi connectivity index (χ4v) is 12.0. The molecular formula is C34H47I3O2. The van der Waals surface area contributed by atoms with Crippen molar-refractivity contribution in [2.24, 2.45) is 46.3 Å². The minimum absolute atomic E-state index is 0.0103. The van der Waals surface area contributed by atoms with E-state index in [1.807, 2.05) is 6.07 Å². The standard InChI is InChI=1S/C34H47I3O2/c1-20(2)7-6-8-21(3)27-11-12-28-25-10-9-22-17-24(13-15-33(22,4)29(25)14-16-34(27,28)5)39-32(38)26-18-23(35)19-30(36)31(26)37/h9,18-21,24-25,27-29H,6-8,10-17H2,1-5H3. The Bertz CT molecular complexity index is 1110. The summed E-state index contributed by atoms with van der Waals surface area (Å²) in [4.78, 5) is 13.2. The van der Waals surface area contributed by atoms with Gasteiger partial charge in [0, 0.05) is 17.1 Å². The number of rotatable bonds is 7. The summed E-state index contributed by atoms with van der Waals surface area (Å²) in [6, 6.07) is 4.09. The minimum Gasteiger partial charge on any atom is -0.458 e. The molecule has 3 saturated carbocycles. The molecule has 2 nitrogen and oxygen atoms in total. The van der Waals surface area contributed by atoms with Crippen LogP contribution in [-0.4, -0.2) is 12.1 Å². The van der Waals surface area contributed by atoms with E-state index in [-0.39, 0.29) is 12.1 Å². The first kappa shape index (κ1) is 31.1. The molecule has 0 aliphatic heterocycles. The normalized spacial score (nSPS) is 36.5. The first-order valence-corrected chi connectivity index (χ1v) is 18.7. The molecule has 3 fully saturated rings. The second-order valence-corrected chi connectivity index (χ2v) is 17.8. The smallest absolute Gasteiger partial charge is 0.339 e. The molecule has 216 valence electrons.